The summed E-state index contributed by atoms with van der Waals surface area (Å²) < 4.78 is 1.74. The van der Waals surface area contributed by atoms with Crippen LogP contribution in [0.4, 0.5) is 5.69 Å². The maximum atomic E-state index is 12.2. The van der Waals surface area contributed by atoms with Gasteiger partial charge in [-0.3, -0.25) is 9.69 Å². The normalized spacial score (nSPS) is 14.7. The van der Waals surface area contributed by atoms with Gasteiger partial charge in [0.25, 0.3) is 0 Å². The summed E-state index contributed by atoms with van der Waals surface area (Å²) in [5.41, 5.74) is 4.34. The summed E-state index contributed by atoms with van der Waals surface area (Å²) in [6.45, 7) is 4.80. The van der Waals surface area contributed by atoms with Crippen molar-refractivity contribution in [3.8, 4) is 5.69 Å². The van der Waals surface area contributed by atoms with E-state index in [1.807, 2.05) is 23.1 Å². The SMILES string of the molecule is CC(=O)N1CCN(Cc2ccccc2)Cc2cc(-n3cncn3)ccc21. The third-order valence-corrected chi connectivity index (χ3v) is 4.70. The topological polar surface area (TPSA) is 54.3 Å². The first-order chi connectivity index (χ1) is 12.7. The second kappa shape index (κ2) is 7.09. The van der Waals surface area contributed by atoms with Crippen LogP contribution in [0, 0.1) is 0 Å². The third-order valence-electron chi connectivity index (χ3n) is 4.70. The number of benzene rings is 2. The van der Waals surface area contributed by atoms with Crippen molar-refractivity contribution in [2.75, 3.05) is 18.0 Å². The molecule has 0 aliphatic carbocycles. The van der Waals surface area contributed by atoms with Gasteiger partial charge in [-0.15, -0.1) is 0 Å². The molecule has 6 nitrogen and oxygen atoms in total. The van der Waals surface area contributed by atoms with Crippen molar-refractivity contribution in [1.29, 1.82) is 0 Å². The Bertz CT molecular complexity index is 892. The van der Waals surface area contributed by atoms with Gasteiger partial charge in [0.15, 0.2) is 0 Å². The number of amides is 1. The molecule has 0 N–H and O–H groups in total. The summed E-state index contributed by atoms with van der Waals surface area (Å²) in [5.74, 6) is 0.0707. The number of fused-ring (bicyclic) bond motifs is 1. The Labute approximate surface area is 152 Å². The van der Waals surface area contributed by atoms with Gasteiger partial charge in [0.05, 0.1) is 5.69 Å². The summed E-state index contributed by atoms with van der Waals surface area (Å²) >= 11 is 0. The zero-order chi connectivity index (χ0) is 17.9. The van der Waals surface area contributed by atoms with E-state index in [1.54, 1.807) is 17.9 Å². The van der Waals surface area contributed by atoms with Gasteiger partial charge in [-0.2, -0.15) is 5.10 Å². The highest BCUT2D eigenvalue weighted by Crippen LogP contribution is 2.28. The lowest BCUT2D eigenvalue weighted by Gasteiger charge is -2.21. The first-order valence-electron chi connectivity index (χ1n) is 8.73. The molecule has 2 heterocycles. The number of hydrogen-bond acceptors (Lipinski definition) is 4. The highest BCUT2D eigenvalue weighted by molar-refractivity contribution is 5.92. The van der Waals surface area contributed by atoms with Gasteiger partial charge in [-0.1, -0.05) is 30.3 Å². The van der Waals surface area contributed by atoms with Crippen molar-refractivity contribution in [1.82, 2.24) is 19.7 Å². The molecule has 0 radical (unpaired) electrons. The summed E-state index contributed by atoms with van der Waals surface area (Å²) in [4.78, 5) is 20.4. The van der Waals surface area contributed by atoms with Gasteiger partial charge in [-0.05, 0) is 29.3 Å². The fraction of sp³-hybridized carbons (Fsp3) is 0.250. The minimum absolute atomic E-state index is 0.0707. The maximum Gasteiger partial charge on any atom is 0.223 e. The minimum Gasteiger partial charge on any atom is -0.311 e. The molecule has 4 rings (SSSR count). The van der Waals surface area contributed by atoms with E-state index >= 15 is 0 Å². The van der Waals surface area contributed by atoms with E-state index in [4.69, 9.17) is 0 Å². The maximum absolute atomic E-state index is 12.2. The molecule has 1 aliphatic heterocycles. The lowest BCUT2D eigenvalue weighted by atomic mass is 10.1. The number of nitrogens with zero attached hydrogens (tertiary/aromatic N) is 5. The van der Waals surface area contributed by atoms with E-state index in [2.05, 4.69) is 45.3 Å². The minimum atomic E-state index is 0.0707. The van der Waals surface area contributed by atoms with Crippen LogP contribution in [-0.2, 0) is 17.9 Å². The van der Waals surface area contributed by atoms with Crippen LogP contribution in [0.1, 0.15) is 18.1 Å². The van der Waals surface area contributed by atoms with E-state index in [9.17, 15) is 4.79 Å². The molecule has 0 saturated carbocycles. The van der Waals surface area contributed by atoms with E-state index in [0.717, 1.165) is 36.6 Å². The van der Waals surface area contributed by atoms with Crippen LogP contribution >= 0.6 is 0 Å². The van der Waals surface area contributed by atoms with Crippen molar-refractivity contribution in [2.24, 2.45) is 0 Å². The highest BCUT2D eigenvalue weighted by Gasteiger charge is 2.23. The largest absolute Gasteiger partial charge is 0.311 e. The Kier molecular flexibility index (Phi) is 4.50. The smallest absolute Gasteiger partial charge is 0.223 e. The number of carbonyl (C=O) groups excluding carboxylic acids is 1. The van der Waals surface area contributed by atoms with E-state index < -0.39 is 0 Å². The monoisotopic (exact) mass is 347 g/mol. The number of anilines is 1. The van der Waals surface area contributed by atoms with E-state index in [-0.39, 0.29) is 5.91 Å². The first-order valence-corrected chi connectivity index (χ1v) is 8.73. The van der Waals surface area contributed by atoms with Gasteiger partial charge in [-0.25, -0.2) is 9.67 Å². The Morgan fingerprint density at radius 2 is 1.96 bits per heavy atom. The quantitative estimate of drug-likeness (QED) is 0.731. The lowest BCUT2D eigenvalue weighted by Crippen LogP contribution is -2.34. The second-order valence-electron chi connectivity index (χ2n) is 6.52. The fourth-order valence-electron chi connectivity index (χ4n) is 3.43. The molecular formula is C20H21N5O. The predicted molar refractivity (Wildman–Crippen MR) is 99.9 cm³/mol. The van der Waals surface area contributed by atoms with Crippen LogP contribution in [0.3, 0.4) is 0 Å². The molecule has 1 amide bonds. The molecule has 0 atom stereocenters. The lowest BCUT2D eigenvalue weighted by molar-refractivity contribution is -0.116. The van der Waals surface area contributed by atoms with Crippen LogP contribution in [0.25, 0.3) is 5.69 Å². The second-order valence-corrected chi connectivity index (χ2v) is 6.52. The van der Waals surface area contributed by atoms with E-state index in [0.29, 0.717) is 6.54 Å². The average Bonchev–Trinajstić information content (AvgIpc) is 3.11. The van der Waals surface area contributed by atoms with Crippen molar-refractivity contribution in [2.45, 2.75) is 20.0 Å². The number of aromatic nitrogens is 3. The standard InChI is InChI=1S/C20H21N5O/c1-16(26)24-10-9-23(12-17-5-3-2-4-6-17)13-18-11-19(7-8-20(18)24)25-15-21-14-22-25/h2-8,11,14-15H,9-10,12-13H2,1H3. The molecule has 0 saturated heterocycles. The van der Waals surface area contributed by atoms with Gasteiger partial charge in [0.1, 0.15) is 12.7 Å². The Morgan fingerprint density at radius 3 is 2.69 bits per heavy atom. The van der Waals surface area contributed by atoms with Crippen molar-refractivity contribution in [3.63, 3.8) is 0 Å². The van der Waals surface area contributed by atoms with Crippen LogP contribution < -0.4 is 4.90 Å². The molecule has 6 heteroatoms. The summed E-state index contributed by atoms with van der Waals surface area (Å²) in [6, 6.07) is 16.5. The molecule has 132 valence electrons. The van der Waals surface area contributed by atoms with Crippen molar-refractivity contribution >= 4 is 11.6 Å². The molecule has 0 unspecified atom stereocenters. The third kappa shape index (κ3) is 3.36. The molecule has 0 spiro atoms. The van der Waals surface area contributed by atoms with Crippen molar-refractivity contribution in [3.05, 3.63) is 72.3 Å². The fourth-order valence-corrected chi connectivity index (χ4v) is 3.43. The van der Waals surface area contributed by atoms with Gasteiger partial charge in [0.2, 0.25) is 5.91 Å². The van der Waals surface area contributed by atoms with Crippen LogP contribution in [-0.4, -0.2) is 38.7 Å². The van der Waals surface area contributed by atoms with Crippen LogP contribution in [0.15, 0.2) is 61.2 Å². The van der Waals surface area contributed by atoms with E-state index in [1.165, 1.54) is 11.9 Å². The molecule has 0 bridgehead atoms. The van der Waals surface area contributed by atoms with Crippen molar-refractivity contribution < 1.29 is 4.79 Å². The van der Waals surface area contributed by atoms with Crippen LogP contribution in [0.2, 0.25) is 0 Å². The summed E-state index contributed by atoms with van der Waals surface area (Å²) in [7, 11) is 0. The molecule has 26 heavy (non-hydrogen) atoms. The molecule has 3 aromatic rings. The Balaban J connectivity index is 1.67. The number of rotatable bonds is 3. The molecule has 0 fully saturated rings. The Hall–Kier alpha value is -2.99. The average molecular weight is 347 g/mol. The summed E-state index contributed by atoms with van der Waals surface area (Å²) in [6.07, 6.45) is 3.21. The van der Waals surface area contributed by atoms with Crippen LogP contribution in [0.5, 0.6) is 0 Å². The molecular weight excluding hydrogens is 326 g/mol. The first kappa shape index (κ1) is 16.5. The predicted octanol–water partition coefficient (Wildman–Crippen LogP) is 2.64. The summed E-state index contributed by atoms with van der Waals surface area (Å²) in [5, 5.41) is 4.21. The zero-order valence-corrected chi connectivity index (χ0v) is 14.7. The van der Waals surface area contributed by atoms with Gasteiger partial charge < -0.3 is 4.90 Å². The Morgan fingerprint density at radius 1 is 1.12 bits per heavy atom. The molecule has 1 aromatic heterocycles. The highest BCUT2D eigenvalue weighted by atomic mass is 16.2. The van der Waals surface area contributed by atoms with Gasteiger partial charge >= 0.3 is 0 Å². The molecule has 2 aromatic carbocycles. The number of hydrogen-bond donors (Lipinski definition) is 0. The molecule has 1 aliphatic rings. The van der Waals surface area contributed by atoms with Gasteiger partial charge in [0, 0.05) is 38.8 Å². The zero-order valence-electron chi connectivity index (χ0n) is 14.7. The number of carbonyl (C=O) groups is 1.